The maximum atomic E-state index is 11.5. The lowest BCUT2D eigenvalue weighted by Crippen LogP contribution is -2.20. The van der Waals surface area contributed by atoms with Crippen molar-refractivity contribution >= 4 is 11.7 Å². The zero-order chi connectivity index (χ0) is 13.0. The zero-order valence-corrected chi connectivity index (χ0v) is 10.5. The SMILES string of the molecule is COC(=O)c1cc(OC2CCCCC2)ncc1N. The van der Waals surface area contributed by atoms with E-state index in [1.165, 1.54) is 32.6 Å². The van der Waals surface area contributed by atoms with Gasteiger partial charge in [0.15, 0.2) is 0 Å². The van der Waals surface area contributed by atoms with E-state index in [1.807, 2.05) is 0 Å². The smallest absolute Gasteiger partial charge is 0.340 e. The molecule has 0 aliphatic heterocycles. The van der Waals surface area contributed by atoms with Crippen LogP contribution in [0.3, 0.4) is 0 Å². The number of aromatic nitrogens is 1. The zero-order valence-electron chi connectivity index (χ0n) is 10.5. The van der Waals surface area contributed by atoms with Crippen LogP contribution in [0, 0.1) is 0 Å². The predicted molar refractivity (Wildman–Crippen MR) is 67.5 cm³/mol. The standard InChI is InChI=1S/C13H18N2O3/c1-17-13(16)10-7-12(15-8-11(10)14)18-9-5-3-2-4-6-9/h7-9H,2-6,14H2,1H3. The van der Waals surface area contributed by atoms with Crippen LogP contribution in [0.25, 0.3) is 0 Å². The highest BCUT2D eigenvalue weighted by Gasteiger charge is 2.17. The third kappa shape index (κ3) is 2.91. The van der Waals surface area contributed by atoms with Crippen molar-refractivity contribution in [2.75, 3.05) is 12.8 Å². The number of rotatable bonds is 3. The topological polar surface area (TPSA) is 74.4 Å². The Bertz CT molecular complexity index is 428. The van der Waals surface area contributed by atoms with Crippen LogP contribution in [0.5, 0.6) is 5.88 Å². The first-order valence-electron chi connectivity index (χ1n) is 6.21. The predicted octanol–water partition coefficient (Wildman–Crippen LogP) is 2.16. The number of ether oxygens (including phenoxy) is 2. The molecule has 18 heavy (non-hydrogen) atoms. The highest BCUT2D eigenvalue weighted by Crippen LogP contribution is 2.24. The summed E-state index contributed by atoms with van der Waals surface area (Å²) in [5.41, 5.74) is 6.29. The van der Waals surface area contributed by atoms with E-state index in [0.717, 1.165) is 12.8 Å². The summed E-state index contributed by atoms with van der Waals surface area (Å²) in [6, 6.07) is 1.55. The van der Waals surface area contributed by atoms with E-state index in [-0.39, 0.29) is 6.10 Å². The quantitative estimate of drug-likeness (QED) is 0.832. The van der Waals surface area contributed by atoms with E-state index < -0.39 is 5.97 Å². The number of hydrogen-bond acceptors (Lipinski definition) is 5. The molecule has 2 N–H and O–H groups in total. The number of esters is 1. The van der Waals surface area contributed by atoms with Gasteiger partial charge in [-0.2, -0.15) is 0 Å². The molecule has 0 atom stereocenters. The maximum Gasteiger partial charge on any atom is 0.340 e. The Labute approximate surface area is 106 Å². The Morgan fingerprint density at radius 1 is 1.39 bits per heavy atom. The minimum Gasteiger partial charge on any atom is -0.474 e. The fourth-order valence-corrected chi connectivity index (χ4v) is 2.15. The summed E-state index contributed by atoms with van der Waals surface area (Å²) in [5, 5.41) is 0. The molecule has 5 heteroatoms. The minimum absolute atomic E-state index is 0.195. The Kier molecular flexibility index (Phi) is 4.02. The number of nitrogen functional groups attached to an aromatic ring is 1. The summed E-state index contributed by atoms with van der Waals surface area (Å²) in [7, 11) is 1.32. The van der Waals surface area contributed by atoms with E-state index >= 15 is 0 Å². The van der Waals surface area contributed by atoms with Gasteiger partial charge >= 0.3 is 5.97 Å². The van der Waals surface area contributed by atoms with Gasteiger partial charge in [0.25, 0.3) is 0 Å². The molecule has 0 unspecified atom stereocenters. The van der Waals surface area contributed by atoms with Crippen molar-refractivity contribution in [3.8, 4) is 5.88 Å². The molecule has 1 aliphatic carbocycles. The molecule has 1 aliphatic rings. The largest absolute Gasteiger partial charge is 0.474 e. The molecule has 2 rings (SSSR count). The Morgan fingerprint density at radius 3 is 2.78 bits per heavy atom. The number of carbonyl (C=O) groups excluding carboxylic acids is 1. The van der Waals surface area contributed by atoms with Crippen LogP contribution in [0.1, 0.15) is 42.5 Å². The summed E-state index contributed by atoms with van der Waals surface area (Å²) >= 11 is 0. The van der Waals surface area contributed by atoms with Gasteiger partial charge < -0.3 is 15.2 Å². The molecule has 0 saturated heterocycles. The lowest BCUT2D eigenvalue weighted by atomic mass is 9.98. The summed E-state index contributed by atoms with van der Waals surface area (Å²) < 4.78 is 10.4. The van der Waals surface area contributed by atoms with Gasteiger partial charge in [0.2, 0.25) is 5.88 Å². The average molecular weight is 250 g/mol. The molecular weight excluding hydrogens is 232 g/mol. The number of nitrogens with two attached hydrogens (primary N) is 1. The molecule has 1 aromatic rings. The monoisotopic (exact) mass is 250 g/mol. The fraction of sp³-hybridized carbons (Fsp3) is 0.538. The van der Waals surface area contributed by atoms with Crippen LogP contribution in [0.2, 0.25) is 0 Å². The molecule has 1 saturated carbocycles. The van der Waals surface area contributed by atoms with E-state index in [0.29, 0.717) is 17.1 Å². The number of hydrogen-bond donors (Lipinski definition) is 1. The number of pyridine rings is 1. The Balaban J connectivity index is 2.11. The molecular formula is C13H18N2O3. The van der Waals surface area contributed by atoms with E-state index in [4.69, 9.17) is 10.5 Å². The molecule has 0 amide bonds. The molecule has 0 spiro atoms. The van der Waals surface area contributed by atoms with Crippen LogP contribution in [0.15, 0.2) is 12.3 Å². The highest BCUT2D eigenvalue weighted by molar-refractivity contribution is 5.95. The molecule has 98 valence electrons. The summed E-state index contributed by atoms with van der Waals surface area (Å²) in [6.45, 7) is 0. The van der Waals surface area contributed by atoms with Gasteiger partial charge in [0.1, 0.15) is 6.10 Å². The van der Waals surface area contributed by atoms with Crippen molar-refractivity contribution in [1.29, 1.82) is 0 Å². The third-order valence-corrected chi connectivity index (χ3v) is 3.15. The molecule has 0 radical (unpaired) electrons. The van der Waals surface area contributed by atoms with Crippen LogP contribution in [-0.2, 0) is 4.74 Å². The van der Waals surface area contributed by atoms with Crippen molar-refractivity contribution in [2.45, 2.75) is 38.2 Å². The Morgan fingerprint density at radius 2 is 2.11 bits per heavy atom. The summed E-state index contributed by atoms with van der Waals surface area (Å²) in [4.78, 5) is 15.6. The van der Waals surface area contributed by atoms with Gasteiger partial charge in [-0.25, -0.2) is 9.78 Å². The number of nitrogens with zero attached hydrogens (tertiary/aromatic N) is 1. The maximum absolute atomic E-state index is 11.5. The molecule has 0 aromatic carbocycles. The van der Waals surface area contributed by atoms with Crippen molar-refractivity contribution in [3.05, 3.63) is 17.8 Å². The van der Waals surface area contributed by atoms with Gasteiger partial charge in [-0.15, -0.1) is 0 Å². The number of anilines is 1. The van der Waals surface area contributed by atoms with Crippen LogP contribution < -0.4 is 10.5 Å². The molecule has 0 bridgehead atoms. The second-order valence-electron chi connectivity index (χ2n) is 4.48. The highest BCUT2D eigenvalue weighted by atomic mass is 16.5. The number of carbonyl (C=O) groups is 1. The minimum atomic E-state index is -0.469. The first-order valence-corrected chi connectivity index (χ1v) is 6.21. The van der Waals surface area contributed by atoms with E-state index in [2.05, 4.69) is 9.72 Å². The first kappa shape index (κ1) is 12.7. The second kappa shape index (κ2) is 5.71. The van der Waals surface area contributed by atoms with Gasteiger partial charge in [-0.05, 0) is 25.7 Å². The summed E-state index contributed by atoms with van der Waals surface area (Å²) in [5.74, 6) is -0.0279. The van der Waals surface area contributed by atoms with E-state index in [9.17, 15) is 4.79 Å². The average Bonchev–Trinajstić information content (AvgIpc) is 2.41. The van der Waals surface area contributed by atoms with Gasteiger partial charge in [-0.3, -0.25) is 0 Å². The van der Waals surface area contributed by atoms with Crippen molar-refractivity contribution in [2.24, 2.45) is 0 Å². The van der Waals surface area contributed by atoms with Crippen LogP contribution in [0.4, 0.5) is 5.69 Å². The second-order valence-corrected chi connectivity index (χ2v) is 4.48. The third-order valence-electron chi connectivity index (χ3n) is 3.15. The van der Waals surface area contributed by atoms with Crippen molar-refractivity contribution in [1.82, 2.24) is 4.98 Å². The Hall–Kier alpha value is -1.78. The summed E-state index contributed by atoms with van der Waals surface area (Å²) in [6.07, 6.45) is 7.35. The first-order chi connectivity index (χ1) is 8.70. The van der Waals surface area contributed by atoms with Gasteiger partial charge in [0, 0.05) is 6.07 Å². The van der Waals surface area contributed by atoms with Crippen molar-refractivity contribution < 1.29 is 14.3 Å². The van der Waals surface area contributed by atoms with Crippen molar-refractivity contribution in [3.63, 3.8) is 0 Å². The molecule has 1 fully saturated rings. The normalized spacial score (nSPS) is 16.3. The van der Waals surface area contributed by atoms with Crippen LogP contribution in [-0.4, -0.2) is 24.2 Å². The van der Waals surface area contributed by atoms with Crippen LogP contribution >= 0.6 is 0 Å². The van der Waals surface area contributed by atoms with Gasteiger partial charge in [0.05, 0.1) is 24.6 Å². The number of methoxy groups -OCH3 is 1. The molecule has 5 nitrogen and oxygen atoms in total. The fourth-order valence-electron chi connectivity index (χ4n) is 2.15. The van der Waals surface area contributed by atoms with Gasteiger partial charge in [-0.1, -0.05) is 6.42 Å². The lowest BCUT2D eigenvalue weighted by Gasteiger charge is -2.22. The molecule has 1 heterocycles. The lowest BCUT2D eigenvalue weighted by molar-refractivity contribution is 0.0600. The van der Waals surface area contributed by atoms with E-state index in [1.54, 1.807) is 6.07 Å². The molecule has 1 aromatic heterocycles.